The molecule has 0 aliphatic rings. The fourth-order valence-electron chi connectivity index (χ4n) is 1.70. The molecule has 0 saturated carbocycles. The summed E-state index contributed by atoms with van der Waals surface area (Å²) in [5.41, 5.74) is 7.11. The van der Waals surface area contributed by atoms with Gasteiger partial charge in [-0.3, -0.25) is 9.78 Å². The molecular weight excluding hydrogens is 294 g/mol. The van der Waals surface area contributed by atoms with Gasteiger partial charge < -0.3 is 16.2 Å². The number of aliphatic hydroxyl groups excluding tert-OH is 1. The van der Waals surface area contributed by atoms with E-state index in [9.17, 15) is 4.79 Å². The van der Waals surface area contributed by atoms with Crippen molar-refractivity contribution in [3.05, 3.63) is 23.2 Å². The first-order valence-electron chi connectivity index (χ1n) is 6.34. The Balaban J connectivity index is 1.89. The Morgan fingerprint density at radius 2 is 2.35 bits per heavy atom. The van der Waals surface area contributed by atoms with Crippen molar-refractivity contribution < 1.29 is 9.90 Å². The number of anilines is 1. The third-order valence-corrected chi connectivity index (χ3v) is 4.90. The van der Waals surface area contributed by atoms with Crippen LogP contribution in [0.2, 0.25) is 0 Å². The third kappa shape index (κ3) is 3.62. The van der Waals surface area contributed by atoms with E-state index >= 15 is 0 Å². The van der Waals surface area contributed by atoms with E-state index in [1.807, 2.05) is 12.1 Å². The molecule has 0 unspecified atom stereocenters. The number of aromatic nitrogens is 1. The monoisotopic (exact) mass is 311 g/mol. The number of aliphatic hydroxyl groups is 1. The van der Waals surface area contributed by atoms with Crippen molar-refractivity contribution in [3.63, 3.8) is 0 Å². The number of pyridine rings is 1. The predicted molar refractivity (Wildman–Crippen MR) is 85.4 cm³/mol. The van der Waals surface area contributed by atoms with Crippen LogP contribution in [-0.2, 0) is 0 Å². The van der Waals surface area contributed by atoms with Gasteiger partial charge in [0.1, 0.15) is 10.4 Å². The van der Waals surface area contributed by atoms with E-state index in [-0.39, 0.29) is 12.5 Å². The largest absolute Gasteiger partial charge is 0.396 e. The van der Waals surface area contributed by atoms with Gasteiger partial charge in [0.05, 0.1) is 10.4 Å². The Morgan fingerprint density at radius 1 is 1.50 bits per heavy atom. The standard InChI is InChI=1S/C13H17N3O2S2/c14-10-11-9(3-1-4-15-11)20-12(10)13(18)16-5-8-19-7-2-6-17/h1,3-4,17H,2,5-8,14H2,(H,16,18). The number of thioether (sulfide) groups is 1. The van der Waals surface area contributed by atoms with E-state index in [1.54, 1.807) is 18.0 Å². The zero-order valence-corrected chi connectivity index (χ0v) is 12.6. The average molecular weight is 311 g/mol. The van der Waals surface area contributed by atoms with Gasteiger partial charge in [-0.2, -0.15) is 11.8 Å². The number of amides is 1. The summed E-state index contributed by atoms with van der Waals surface area (Å²) in [4.78, 5) is 16.8. The maximum Gasteiger partial charge on any atom is 0.263 e. The number of carbonyl (C=O) groups excluding carboxylic acids is 1. The molecule has 0 aliphatic carbocycles. The molecule has 0 saturated heterocycles. The summed E-state index contributed by atoms with van der Waals surface area (Å²) in [6, 6.07) is 3.74. The zero-order valence-electron chi connectivity index (χ0n) is 11.0. The molecule has 4 N–H and O–H groups in total. The quantitative estimate of drug-likeness (QED) is 0.678. The Hall–Kier alpha value is -1.31. The minimum atomic E-state index is -0.145. The number of carbonyl (C=O) groups is 1. The lowest BCUT2D eigenvalue weighted by molar-refractivity contribution is 0.0961. The number of nitrogens with zero attached hydrogens (tertiary/aromatic N) is 1. The van der Waals surface area contributed by atoms with Crippen molar-refractivity contribution in [2.24, 2.45) is 0 Å². The molecular formula is C13H17N3O2S2. The number of fused-ring (bicyclic) bond motifs is 1. The van der Waals surface area contributed by atoms with Gasteiger partial charge in [-0.05, 0) is 24.3 Å². The second kappa shape index (κ2) is 7.47. The summed E-state index contributed by atoms with van der Waals surface area (Å²) in [7, 11) is 0. The molecule has 2 aromatic heterocycles. The van der Waals surface area contributed by atoms with Crippen LogP contribution in [0.25, 0.3) is 10.2 Å². The number of nitrogens with one attached hydrogen (secondary N) is 1. The van der Waals surface area contributed by atoms with E-state index < -0.39 is 0 Å². The van der Waals surface area contributed by atoms with Crippen LogP contribution in [0.15, 0.2) is 18.3 Å². The van der Waals surface area contributed by atoms with Gasteiger partial charge in [-0.25, -0.2) is 0 Å². The first-order chi connectivity index (χ1) is 9.74. The molecule has 0 aromatic carbocycles. The van der Waals surface area contributed by atoms with E-state index in [2.05, 4.69) is 10.3 Å². The molecule has 108 valence electrons. The Kier molecular flexibility index (Phi) is 5.63. The van der Waals surface area contributed by atoms with Crippen molar-refractivity contribution in [1.29, 1.82) is 0 Å². The summed E-state index contributed by atoms with van der Waals surface area (Å²) in [6.07, 6.45) is 2.46. The summed E-state index contributed by atoms with van der Waals surface area (Å²) < 4.78 is 0.924. The van der Waals surface area contributed by atoms with Gasteiger partial charge in [-0.15, -0.1) is 11.3 Å². The highest BCUT2D eigenvalue weighted by molar-refractivity contribution is 7.99. The lowest BCUT2D eigenvalue weighted by atomic mass is 10.3. The molecule has 7 heteroatoms. The van der Waals surface area contributed by atoms with Crippen LogP contribution in [-0.4, -0.2) is 40.7 Å². The molecule has 20 heavy (non-hydrogen) atoms. The molecule has 2 aromatic rings. The van der Waals surface area contributed by atoms with Crippen molar-refractivity contribution in [2.75, 3.05) is 30.4 Å². The van der Waals surface area contributed by atoms with Gasteiger partial charge in [-0.1, -0.05) is 0 Å². The van der Waals surface area contributed by atoms with Crippen LogP contribution in [0.4, 0.5) is 5.69 Å². The predicted octanol–water partition coefficient (Wildman–Crippen LogP) is 1.72. The number of hydrogen-bond acceptors (Lipinski definition) is 6. The van der Waals surface area contributed by atoms with Crippen molar-refractivity contribution in [1.82, 2.24) is 10.3 Å². The third-order valence-electron chi connectivity index (χ3n) is 2.67. The summed E-state index contributed by atoms with van der Waals surface area (Å²) in [5.74, 6) is 1.59. The first kappa shape index (κ1) is 15.1. The molecule has 0 radical (unpaired) electrons. The topological polar surface area (TPSA) is 88.2 Å². The van der Waals surface area contributed by atoms with Crippen LogP contribution in [0.3, 0.4) is 0 Å². The number of nitrogen functional groups attached to an aromatic ring is 1. The maximum absolute atomic E-state index is 12.1. The van der Waals surface area contributed by atoms with Crippen LogP contribution in [0.1, 0.15) is 16.1 Å². The Morgan fingerprint density at radius 3 is 3.10 bits per heavy atom. The van der Waals surface area contributed by atoms with Crippen LogP contribution in [0, 0.1) is 0 Å². The van der Waals surface area contributed by atoms with Crippen molar-refractivity contribution in [3.8, 4) is 0 Å². The molecule has 5 nitrogen and oxygen atoms in total. The summed E-state index contributed by atoms with van der Waals surface area (Å²) >= 11 is 3.07. The normalized spacial score (nSPS) is 10.8. The Bertz CT molecular complexity index is 586. The maximum atomic E-state index is 12.1. The minimum Gasteiger partial charge on any atom is -0.396 e. The fraction of sp³-hybridized carbons (Fsp3) is 0.385. The second-order valence-corrected chi connectivity index (χ2v) is 6.42. The van der Waals surface area contributed by atoms with Gasteiger partial charge in [0, 0.05) is 25.1 Å². The number of hydrogen-bond donors (Lipinski definition) is 3. The highest BCUT2D eigenvalue weighted by atomic mass is 32.2. The van der Waals surface area contributed by atoms with E-state index in [1.165, 1.54) is 11.3 Å². The van der Waals surface area contributed by atoms with E-state index in [0.29, 0.717) is 22.6 Å². The van der Waals surface area contributed by atoms with Crippen LogP contribution >= 0.6 is 23.1 Å². The Labute approximate surface area is 125 Å². The molecule has 0 atom stereocenters. The van der Waals surface area contributed by atoms with Crippen LogP contribution in [0.5, 0.6) is 0 Å². The van der Waals surface area contributed by atoms with Crippen molar-refractivity contribution in [2.45, 2.75) is 6.42 Å². The summed E-state index contributed by atoms with van der Waals surface area (Å²) in [5, 5.41) is 11.5. The first-order valence-corrected chi connectivity index (χ1v) is 8.31. The molecule has 2 heterocycles. The van der Waals surface area contributed by atoms with Gasteiger partial charge in [0.25, 0.3) is 5.91 Å². The number of nitrogens with two attached hydrogens (primary N) is 1. The van der Waals surface area contributed by atoms with E-state index in [0.717, 1.165) is 22.6 Å². The van der Waals surface area contributed by atoms with Crippen LogP contribution < -0.4 is 11.1 Å². The lowest BCUT2D eigenvalue weighted by Crippen LogP contribution is -2.25. The summed E-state index contributed by atoms with van der Waals surface area (Å²) in [6.45, 7) is 0.806. The van der Waals surface area contributed by atoms with Gasteiger partial charge in [0.15, 0.2) is 0 Å². The SMILES string of the molecule is Nc1c(C(=O)NCCSCCCO)sc2cccnc12. The molecule has 0 fully saturated rings. The van der Waals surface area contributed by atoms with Crippen molar-refractivity contribution >= 4 is 44.9 Å². The fourth-order valence-corrected chi connectivity index (χ4v) is 3.48. The lowest BCUT2D eigenvalue weighted by Gasteiger charge is -2.04. The smallest absolute Gasteiger partial charge is 0.263 e. The molecule has 0 spiro atoms. The molecule has 0 bridgehead atoms. The number of thiophene rings is 1. The van der Waals surface area contributed by atoms with Gasteiger partial charge in [0.2, 0.25) is 0 Å². The zero-order chi connectivity index (χ0) is 14.4. The minimum absolute atomic E-state index is 0.145. The molecule has 1 amide bonds. The van der Waals surface area contributed by atoms with E-state index in [4.69, 9.17) is 10.8 Å². The van der Waals surface area contributed by atoms with Gasteiger partial charge >= 0.3 is 0 Å². The molecule has 2 rings (SSSR count). The molecule has 0 aliphatic heterocycles. The highest BCUT2D eigenvalue weighted by Crippen LogP contribution is 2.31. The second-order valence-electron chi connectivity index (χ2n) is 4.14. The average Bonchev–Trinajstić information content (AvgIpc) is 2.80. The number of rotatable bonds is 7. The highest BCUT2D eigenvalue weighted by Gasteiger charge is 2.16.